The molecule has 1 N–H and O–H groups in total. The summed E-state index contributed by atoms with van der Waals surface area (Å²) in [6.07, 6.45) is 2.93. The van der Waals surface area contributed by atoms with Gasteiger partial charge in [-0.05, 0) is 12.8 Å². The largest absolute Gasteiger partial charge is 0.334 e. The van der Waals surface area contributed by atoms with E-state index in [1.165, 1.54) is 6.42 Å². The highest BCUT2D eigenvalue weighted by Crippen LogP contribution is 2.28. The van der Waals surface area contributed by atoms with Gasteiger partial charge in [-0.25, -0.2) is 0 Å². The van der Waals surface area contributed by atoms with Crippen molar-refractivity contribution in [1.82, 2.24) is 10.2 Å². The maximum atomic E-state index is 11.5. The molecule has 3 aliphatic heterocycles. The Morgan fingerprint density at radius 2 is 2.17 bits per heavy atom. The number of nitrogens with one attached hydrogen (secondary N) is 1. The molecule has 2 atom stereocenters. The lowest BCUT2D eigenvalue weighted by Crippen LogP contribution is -2.69. The van der Waals surface area contributed by atoms with E-state index in [9.17, 15) is 4.79 Å². The Kier molecular flexibility index (Phi) is 2.05. The minimum Gasteiger partial charge on any atom is -0.334 e. The summed E-state index contributed by atoms with van der Waals surface area (Å²) in [5.74, 6) is 0.361. The lowest BCUT2D eigenvalue weighted by Gasteiger charge is -2.53. The molecule has 2 unspecified atom stereocenters. The van der Waals surface area contributed by atoms with Crippen molar-refractivity contribution in [1.29, 1.82) is 0 Å². The summed E-state index contributed by atoms with van der Waals surface area (Å²) >= 11 is 0. The predicted octanol–water partition coefficient (Wildman–Crippen LogP) is 0.359. The average Bonchev–Trinajstić information content (AvgIpc) is 2.05. The topological polar surface area (TPSA) is 32.3 Å². The predicted molar refractivity (Wildman–Crippen MR) is 46.8 cm³/mol. The van der Waals surface area contributed by atoms with E-state index in [0.717, 1.165) is 25.9 Å². The highest BCUT2D eigenvalue weighted by molar-refractivity contribution is 5.78. The van der Waals surface area contributed by atoms with Crippen molar-refractivity contribution < 1.29 is 4.79 Å². The molecule has 0 aliphatic carbocycles. The van der Waals surface area contributed by atoms with Gasteiger partial charge in [-0.3, -0.25) is 4.79 Å². The van der Waals surface area contributed by atoms with Crippen LogP contribution in [0.1, 0.15) is 26.2 Å². The second-order valence-corrected chi connectivity index (χ2v) is 3.75. The number of carbonyl (C=O) groups excluding carboxylic acids is 1. The van der Waals surface area contributed by atoms with Gasteiger partial charge in [0.2, 0.25) is 5.91 Å². The summed E-state index contributed by atoms with van der Waals surface area (Å²) in [6, 6.07) is 1.03. The molecule has 0 aromatic rings. The van der Waals surface area contributed by atoms with Crippen LogP contribution in [0.15, 0.2) is 0 Å². The Morgan fingerprint density at radius 1 is 1.50 bits per heavy atom. The van der Waals surface area contributed by atoms with Crippen molar-refractivity contribution in [3.05, 3.63) is 0 Å². The van der Waals surface area contributed by atoms with Crippen LogP contribution in [0.25, 0.3) is 0 Å². The number of hydrogen-bond acceptors (Lipinski definition) is 2. The number of piperazine rings is 1. The molecule has 0 spiro atoms. The van der Waals surface area contributed by atoms with Gasteiger partial charge < -0.3 is 10.2 Å². The molecule has 3 fully saturated rings. The van der Waals surface area contributed by atoms with Gasteiger partial charge in [-0.1, -0.05) is 6.92 Å². The smallest absolute Gasteiger partial charge is 0.223 e. The van der Waals surface area contributed by atoms with E-state index in [1.54, 1.807) is 0 Å². The van der Waals surface area contributed by atoms with Crippen LogP contribution >= 0.6 is 0 Å². The number of hydrogen-bond donors (Lipinski definition) is 1. The second kappa shape index (κ2) is 3.05. The standard InChI is InChI=1S/C9H16N2O/c1-2-3-9(12)11-7-4-8(11)6-10-5-7/h7-8,10H,2-6H2,1H3. The van der Waals surface area contributed by atoms with Crippen LogP contribution in [0, 0.1) is 0 Å². The molecular formula is C9H16N2O. The van der Waals surface area contributed by atoms with Crippen molar-refractivity contribution in [2.24, 2.45) is 0 Å². The van der Waals surface area contributed by atoms with Crippen molar-refractivity contribution in [3.8, 4) is 0 Å². The van der Waals surface area contributed by atoms with Crippen molar-refractivity contribution >= 4 is 5.91 Å². The lowest BCUT2D eigenvalue weighted by molar-refractivity contribution is -0.147. The zero-order valence-corrected chi connectivity index (χ0v) is 7.55. The van der Waals surface area contributed by atoms with Gasteiger partial charge in [0.25, 0.3) is 0 Å². The molecule has 3 rings (SSSR count). The number of nitrogens with zero attached hydrogens (tertiary/aromatic N) is 1. The fourth-order valence-electron chi connectivity index (χ4n) is 2.23. The molecule has 3 heteroatoms. The Balaban J connectivity index is 1.92. The summed E-state index contributed by atoms with van der Waals surface area (Å²) in [7, 11) is 0. The second-order valence-electron chi connectivity index (χ2n) is 3.75. The number of piperidine rings is 1. The Hall–Kier alpha value is -0.570. The van der Waals surface area contributed by atoms with Gasteiger partial charge in [0.15, 0.2) is 0 Å². The SMILES string of the molecule is CCCC(=O)N1C2CNCC1C2. The van der Waals surface area contributed by atoms with E-state index in [-0.39, 0.29) is 0 Å². The van der Waals surface area contributed by atoms with Gasteiger partial charge in [0.1, 0.15) is 0 Å². The highest BCUT2D eigenvalue weighted by atomic mass is 16.2. The summed E-state index contributed by atoms with van der Waals surface area (Å²) in [5.41, 5.74) is 0. The van der Waals surface area contributed by atoms with Crippen LogP contribution in [0.3, 0.4) is 0 Å². The molecular weight excluding hydrogens is 152 g/mol. The van der Waals surface area contributed by atoms with E-state index in [4.69, 9.17) is 0 Å². The zero-order chi connectivity index (χ0) is 8.55. The summed E-state index contributed by atoms with van der Waals surface area (Å²) in [4.78, 5) is 13.6. The molecule has 3 nitrogen and oxygen atoms in total. The first-order valence-corrected chi connectivity index (χ1v) is 4.84. The number of amides is 1. The zero-order valence-electron chi connectivity index (χ0n) is 7.55. The minimum absolute atomic E-state index is 0.361. The Labute approximate surface area is 73.1 Å². The maximum absolute atomic E-state index is 11.5. The van der Waals surface area contributed by atoms with Crippen molar-refractivity contribution in [2.75, 3.05) is 13.1 Å². The van der Waals surface area contributed by atoms with Gasteiger partial charge in [0.05, 0.1) is 0 Å². The minimum atomic E-state index is 0.361. The average molecular weight is 168 g/mol. The molecule has 3 saturated heterocycles. The lowest BCUT2D eigenvalue weighted by atomic mass is 9.88. The van der Waals surface area contributed by atoms with Crippen LogP contribution in [0.5, 0.6) is 0 Å². The Bertz CT molecular complexity index is 179. The molecule has 0 aromatic carbocycles. The monoisotopic (exact) mass is 168 g/mol. The molecule has 3 aliphatic rings. The van der Waals surface area contributed by atoms with E-state index >= 15 is 0 Å². The number of carbonyl (C=O) groups is 1. The normalized spacial score (nSPS) is 32.9. The molecule has 0 aromatic heterocycles. The van der Waals surface area contributed by atoms with Gasteiger partial charge in [-0.15, -0.1) is 0 Å². The molecule has 12 heavy (non-hydrogen) atoms. The maximum Gasteiger partial charge on any atom is 0.223 e. The van der Waals surface area contributed by atoms with Gasteiger partial charge in [-0.2, -0.15) is 0 Å². The van der Waals surface area contributed by atoms with Crippen molar-refractivity contribution in [3.63, 3.8) is 0 Å². The first-order valence-electron chi connectivity index (χ1n) is 4.84. The first kappa shape index (κ1) is 8.05. The van der Waals surface area contributed by atoms with E-state index < -0.39 is 0 Å². The van der Waals surface area contributed by atoms with Crippen LogP contribution in [-0.4, -0.2) is 36.0 Å². The van der Waals surface area contributed by atoms with Gasteiger partial charge in [0, 0.05) is 31.6 Å². The number of fused-ring (bicyclic) bond motifs is 2. The summed E-state index contributed by atoms with van der Waals surface area (Å²) in [5, 5.41) is 3.32. The van der Waals surface area contributed by atoms with Crippen LogP contribution in [0.4, 0.5) is 0 Å². The molecule has 0 saturated carbocycles. The van der Waals surface area contributed by atoms with E-state index in [2.05, 4.69) is 17.1 Å². The van der Waals surface area contributed by atoms with Crippen LogP contribution < -0.4 is 5.32 Å². The van der Waals surface area contributed by atoms with Gasteiger partial charge >= 0.3 is 0 Å². The third-order valence-electron chi connectivity index (χ3n) is 2.84. The molecule has 68 valence electrons. The summed E-state index contributed by atoms with van der Waals surface area (Å²) < 4.78 is 0. The Morgan fingerprint density at radius 3 is 2.67 bits per heavy atom. The third-order valence-corrected chi connectivity index (χ3v) is 2.84. The molecule has 2 bridgehead atoms. The number of rotatable bonds is 2. The third kappa shape index (κ3) is 1.12. The fourth-order valence-corrected chi connectivity index (χ4v) is 2.23. The first-order chi connectivity index (χ1) is 5.83. The van der Waals surface area contributed by atoms with Crippen molar-refractivity contribution in [2.45, 2.75) is 38.3 Å². The molecule has 3 heterocycles. The summed E-state index contributed by atoms with van der Waals surface area (Å²) in [6.45, 7) is 4.07. The molecule has 1 amide bonds. The fraction of sp³-hybridized carbons (Fsp3) is 0.889. The van der Waals surface area contributed by atoms with E-state index in [0.29, 0.717) is 18.0 Å². The quantitative estimate of drug-likeness (QED) is 0.645. The van der Waals surface area contributed by atoms with Crippen LogP contribution in [-0.2, 0) is 4.79 Å². The van der Waals surface area contributed by atoms with Crippen LogP contribution in [0.2, 0.25) is 0 Å². The highest BCUT2D eigenvalue weighted by Gasteiger charge is 2.43. The van der Waals surface area contributed by atoms with E-state index in [1.807, 2.05) is 0 Å². The molecule has 0 radical (unpaired) electrons.